The van der Waals surface area contributed by atoms with Gasteiger partial charge in [0.2, 0.25) is 5.91 Å². The van der Waals surface area contributed by atoms with Crippen LogP contribution in [0.2, 0.25) is 0 Å². The third kappa shape index (κ3) is 3.40. The first kappa shape index (κ1) is 21.4. The van der Waals surface area contributed by atoms with Crippen LogP contribution in [0, 0.1) is 11.2 Å². The quantitative estimate of drug-likeness (QED) is 0.726. The standard InChI is InChI=1S/C24H30FN3O3/c1-6-30-17-12-16-19(20(25)21(17)31-7-2)22(26)28(24(16)9-10-24)14-18(29)27-11-8-15(13-27)23(3,4)5/h8,11-13,26H,6-7,9-10,14H2,1-5H3. The number of nitrogens with one attached hydrogen (secondary N) is 1. The Hall–Kier alpha value is -2.83. The maximum absolute atomic E-state index is 15.5. The van der Waals surface area contributed by atoms with E-state index in [2.05, 4.69) is 20.8 Å². The lowest BCUT2D eigenvalue weighted by atomic mass is 9.89. The fourth-order valence-electron chi connectivity index (χ4n) is 4.34. The second-order valence-corrected chi connectivity index (χ2v) is 9.22. The molecule has 2 aromatic rings. The van der Waals surface area contributed by atoms with Crippen LogP contribution in [0.25, 0.3) is 0 Å². The van der Waals surface area contributed by atoms with Gasteiger partial charge in [0.05, 0.1) is 24.3 Å². The summed E-state index contributed by atoms with van der Waals surface area (Å²) in [5.74, 6) is -0.296. The number of benzene rings is 1. The van der Waals surface area contributed by atoms with Crippen LogP contribution in [-0.2, 0) is 11.0 Å². The number of hydrogen-bond acceptors (Lipinski definition) is 4. The molecular formula is C24H30FN3O3. The molecule has 166 valence electrons. The topological polar surface area (TPSA) is 67.6 Å². The molecule has 1 N–H and O–H groups in total. The second-order valence-electron chi connectivity index (χ2n) is 9.22. The molecule has 1 saturated carbocycles. The molecule has 0 radical (unpaired) electrons. The van der Waals surface area contributed by atoms with Crippen LogP contribution in [-0.4, -0.2) is 41.0 Å². The summed E-state index contributed by atoms with van der Waals surface area (Å²) in [5.41, 5.74) is 1.43. The van der Waals surface area contributed by atoms with Gasteiger partial charge in [-0.1, -0.05) is 20.8 Å². The molecule has 6 nitrogen and oxygen atoms in total. The number of halogens is 1. The molecule has 1 aromatic carbocycles. The van der Waals surface area contributed by atoms with E-state index in [1.54, 1.807) is 28.7 Å². The van der Waals surface area contributed by atoms with Crippen molar-refractivity contribution < 1.29 is 18.7 Å². The van der Waals surface area contributed by atoms with Crippen LogP contribution in [0.4, 0.5) is 4.39 Å². The van der Waals surface area contributed by atoms with Gasteiger partial charge in [-0.05, 0) is 55.4 Å². The Labute approximate surface area is 182 Å². The van der Waals surface area contributed by atoms with E-state index in [4.69, 9.17) is 14.9 Å². The first-order valence-electron chi connectivity index (χ1n) is 10.8. The van der Waals surface area contributed by atoms with E-state index in [1.807, 2.05) is 19.2 Å². The Kier molecular flexibility index (Phi) is 5.10. The smallest absolute Gasteiger partial charge is 0.250 e. The van der Waals surface area contributed by atoms with E-state index in [-0.39, 0.29) is 35.0 Å². The average Bonchev–Trinajstić information content (AvgIpc) is 3.26. The maximum Gasteiger partial charge on any atom is 0.250 e. The van der Waals surface area contributed by atoms with Crippen LogP contribution < -0.4 is 9.47 Å². The van der Waals surface area contributed by atoms with Gasteiger partial charge >= 0.3 is 0 Å². The summed E-state index contributed by atoms with van der Waals surface area (Å²) >= 11 is 0. The molecule has 1 fully saturated rings. The molecule has 0 amide bonds. The third-order valence-corrected chi connectivity index (χ3v) is 6.16. The monoisotopic (exact) mass is 427 g/mol. The molecule has 31 heavy (non-hydrogen) atoms. The minimum atomic E-state index is -0.579. The third-order valence-electron chi connectivity index (χ3n) is 6.16. The minimum absolute atomic E-state index is 0.0130. The molecule has 2 heterocycles. The molecule has 1 aliphatic heterocycles. The Bertz CT molecular complexity index is 1050. The fraction of sp³-hybridized carbons (Fsp3) is 0.500. The van der Waals surface area contributed by atoms with Crippen LogP contribution in [0.1, 0.15) is 68.9 Å². The lowest BCUT2D eigenvalue weighted by Gasteiger charge is -2.26. The molecule has 7 heteroatoms. The van der Waals surface area contributed by atoms with E-state index >= 15 is 4.39 Å². The van der Waals surface area contributed by atoms with Crippen molar-refractivity contribution in [3.05, 3.63) is 47.0 Å². The van der Waals surface area contributed by atoms with E-state index < -0.39 is 11.4 Å². The zero-order valence-electron chi connectivity index (χ0n) is 18.8. The number of ether oxygens (including phenoxy) is 2. The number of hydrogen-bond donors (Lipinski definition) is 1. The van der Waals surface area contributed by atoms with Crippen LogP contribution in [0.15, 0.2) is 24.5 Å². The summed E-state index contributed by atoms with van der Waals surface area (Å²) in [7, 11) is 0. The summed E-state index contributed by atoms with van der Waals surface area (Å²) in [4.78, 5) is 14.8. The van der Waals surface area contributed by atoms with Crippen LogP contribution in [0.5, 0.6) is 11.5 Å². The van der Waals surface area contributed by atoms with E-state index in [1.165, 1.54) is 0 Å². The lowest BCUT2D eigenvalue weighted by Crippen LogP contribution is -2.39. The van der Waals surface area contributed by atoms with Gasteiger partial charge < -0.3 is 14.4 Å². The predicted molar refractivity (Wildman–Crippen MR) is 117 cm³/mol. The number of rotatable bonds is 6. The van der Waals surface area contributed by atoms with E-state index in [9.17, 15) is 4.79 Å². The Morgan fingerprint density at radius 1 is 1.23 bits per heavy atom. The van der Waals surface area contributed by atoms with Crippen molar-refractivity contribution in [2.45, 2.75) is 58.4 Å². The van der Waals surface area contributed by atoms with Gasteiger partial charge in [0.15, 0.2) is 17.3 Å². The predicted octanol–water partition coefficient (Wildman–Crippen LogP) is 4.69. The van der Waals surface area contributed by atoms with Crippen molar-refractivity contribution in [1.29, 1.82) is 5.41 Å². The van der Waals surface area contributed by atoms with Crippen LogP contribution in [0.3, 0.4) is 0 Å². The zero-order valence-corrected chi connectivity index (χ0v) is 18.8. The molecule has 0 atom stereocenters. The van der Waals surface area contributed by atoms with Crippen molar-refractivity contribution in [3.8, 4) is 11.5 Å². The summed E-state index contributed by atoms with van der Waals surface area (Å²) in [6, 6.07) is 3.74. The first-order valence-corrected chi connectivity index (χ1v) is 10.8. The number of amidine groups is 1. The summed E-state index contributed by atoms with van der Waals surface area (Å²) in [6.45, 7) is 10.6. The molecule has 1 aliphatic carbocycles. The fourth-order valence-corrected chi connectivity index (χ4v) is 4.34. The number of carbonyl (C=O) groups excluding carboxylic acids is 1. The number of nitrogens with zero attached hydrogens (tertiary/aromatic N) is 2. The molecular weight excluding hydrogens is 397 g/mol. The van der Waals surface area contributed by atoms with Gasteiger partial charge in [0.1, 0.15) is 12.4 Å². The van der Waals surface area contributed by atoms with Gasteiger partial charge in [0.25, 0.3) is 0 Å². The van der Waals surface area contributed by atoms with E-state index in [0.29, 0.717) is 19.0 Å². The highest BCUT2D eigenvalue weighted by atomic mass is 19.1. The Balaban J connectivity index is 1.68. The zero-order chi connectivity index (χ0) is 22.6. The van der Waals surface area contributed by atoms with Crippen molar-refractivity contribution in [2.24, 2.45) is 0 Å². The molecule has 0 bridgehead atoms. The van der Waals surface area contributed by atoms with Crippen molar-refractivity contribution in [3.63, 3.8) is 0 Å². The molecule has 4 rings (SSSR count). The molecule has 1 aromatic heterocycles. The summed E-state index contributed by atoms with van der Waals surface area (Å²) in [5, 5.41) is 8.71. The minimum Gasteiger partial charge on any atom is -0.490 e. The normalized spacial score (nSPS) is 16.6. The molecule has 0 unspecified atom stereocenters. The number of fused-ring (bicyclic) bond motifs is 2. The van der Waals surface area contributed by atoms with Gasteiger partial charge in [-0.3, -0.25) is 14.8 Å². The van der Waals surface area contributed by atoms with Gasteiger partial charge in [0, 0.05) is 12.4 Å². The maximum atomic E-state index is 15.5. The van der Waals surface area contributed by atoms with Gasteiger partial charge in [-0.2, -0.15) is 0 Å². The molecule has 0 saturated heterocycles. The lowest BCUT2D eigenvalue weighted by molar-refractivity contribution is 0.0862. The summed E-state index contributed by atoms with van der Waals surface area (Å²) < 4.78 is 28.2. The Morgan fingerprint density at radius 2 is 1.90 bits per heavy atom. The average molecular weight is 428 g/mol. The van der Waals surface area contributed by atoms with Gasteiger partial charge in [-0.25, -0.2) is 4.39 Å². The Morgan fingerprint density at radius 3 is 2.45 bits per heavy atom. The van der Waals surface area contributed by atoms with Crippen molar-refractivity contribution >= 4 is 11.7 Å². The molecule has 1 spiro atoms. The van der Waals surface area contributed by atoms with Crippen molar-refractivity contribution in [1.82, 2.24) is 9.47 Å². The number of carbonyl (C=O) groups is 1. The number of aromatic nitrogens is 1. The highest BCUT2D eigenvalue weighted by Gasteiger charge is 2.58. The van der Waals surface area contributed by atoms with E-state index in [0.717, 1.165) is 24.0 Å². The van der Waals surface area contributed by atoms with Crippen LogP contribution >= 0.6 is 0 Å². The second kappa shape index (κ2) is 7.39. The first-order chi connectivity index (χ1) is 14.6. The highest BCUT2D eigenvalue weighted by Crippen LogP contribution is 2.58. The molecule has 2 aliphatic rings. The highest BCUT2D eigenvalue weighted by molar-refractivity contribution is 6.05. The van der Waals surface area contributed by atoms with Crippen molar-refractivity contribution in [2.75, 3.05) is 19.8 Å². The largest absolute Gasteiger partial charge is 0.490 e. The summed E-state index contributed by atoms with van der Waals surface area (Å²) in [6.07, 6.45) is 5.15. The van der Waals surface area contributed by atoms with Gasteiger partial charge in [-0.15, -0.1) is 0 Å². The SMILES string of the molecule is CCOc1cc2c(c(F)c1OCC)C(=N)N(CC(=O)n1ccc(C(C)(C)C)c1)C21CC1.